The second-order valence-corrected chi connectivity index (χ2v) is 6.84. The Morgan fingerprint density at radius 2 is 1.76 bits per heavy atom. The molecule has 0 saturated carbocycles. The fraction of sp³-hybridized carbons (Fsp3) is 0.227. The molecule has 29 heavy (non-hydrogen) atoms. The van der Waals surface area contributed by atoms with Gasteiger partial charge in [-0.2, -0.15) is 0 Å². The van der Waals surface area contributed by atoms with Crippen LogP contribution in [-0.4, -0.2) is 22.0 Å². The molecule has 7 heteroatoms. The predicted octanol–water partition coefficient (Wildman–Crippen LogP) is 4.38. The van der Waals surface area contributed by atoms with Gasteiger partial charge in [0.2, 0.25) is 5.95 Å². The second kappa shape index (κ2) is 9.14. The molecule has 1 aromatic heterocycles. The Bertz CT molecular complexity index is 973. The van der Waals surface area contributed by atoms with E-state index in [-0.39, 0.29) is 30.1 Å². The van der Waals surface area contributed by atoms with Gasteiger partial charge in [-0.25, -0.2) is 14.4 Å². The quantitative estimate of drug-likeness (QED) is 0.622. The zero-order chi connectivity index (χ0) is 20.8. The summed E-state index contributed by atoms with van der Waals surface area (Å²) < 4.78 is 18.6. The van der Waals surface area contributed by atoms with Crippen LogP contribution in [-0.2, 0) is 6.54 Å². The smallest absolute Gasteiger partial charge is 0.270 e. The molecule has 1 heterocycles. The first-order valence-corrected chi connectivity index (χ1v) is 9.31. The van der Waals surface area contributed by atoms with Crippen molar-refractivity contribution in [1.82, 2.24) is 15.3 Å². The normalized spacial score (nSPS) is 10.7. The van der Waals surface area contributed by atoms with E-state index in [9.17, 15) is 9.18 Å². The number of anilines is 2. The number of nitrogens with one attached hydrogen (secondary N) is 2. The molecule has 2 aromatic carbocycles. The fourth-order valence-corrected chi connectivity index (χ4v) is 2.63. The van der Waals surface area contributed by atoms with E-state index >= 15 is 0 Å². The first kappa shape index (κ1) is 20.3. The van der Waals surface area contributed by atoms with Crippen LogP contribution in [0.3, 0.4) is 0 Å². The van der Waals surface area contributed by atoms with E-state index < -0.39 is 0 Å². The Morgan fingerprint density at radius 3 is 2.41 bits per heavy atom. The van der Waals surface area contributed by atoms with Crippen molar-refractivity contribution in [2.45, 2.75) is 33.4 Å². The molecular formula is C22H23FN4O2. The van der Waals surface area contributed by atoms with Gasteiger partial charge in [-0.1, -0.05) is 12.1 Å². The lowest BCUT2D eigenvalue weighted by Crippen LogP contribution is -2.24. The number of rotatable bonds is 7. The molecule has 1 amide bonds. The molecule has 0 radical (unpaired) electrons. The number of aromatic nitrogens is 2. The summed E-state index contributed by atoms with van der Waals surface area (Å²) in [6, 6.07) is 15.0. The maximum atomic E-state index is 13.0. The Balaban J connectivity index is 1.67. The molecule has 0 aliphatic rings. The summed E-state index contributed by atoms with van der Waals surface area (Å²) in [4.78, 5) is 21.1. The largest absolute Gasteiger partial charge is 0.491 e. The topological polar surface area (TPSA) is 76.1 Å². The van der Waals surface area contributed by atoms with Crippen LogP contribution in [0, 0.1) is 12.7 Å². The molecule has 0 saturated heterocycles. The first-order chi connectivity index (χ1) is 13.9. The monoisotopic (exact) mass is 394 g/mol. The molecule has 0 atom stereocenters. The highest BCUT2D eigenvalue weighted by Crippen LogP contribution is 2.19. The van der Waals surface area contributed by atoms with Gasteiger partial charge in [-0.05, 0) is 68.8 Å². The van der Waals surface area contributed by atoms with Gasteiger partial charge in [0, 0.05) is 17.9 Å². The molecular weight excluding hydrogens is 371 g/mol. The van der Waals surface area contributed by atoms with Crippen molar-refractivity contribution < 1.29 is 13.9 Å². The second-order valence-electron chi connectivity index (χ2n) is 6.84. The minimum Gasteiger partial charge on any atom is -0.491 e. The Morgan fingerprint density at radius 1 is 1.07 bits per heavy atom. The van der Waals surface area contributed by atoms with Crippen molar-refractivity contribution in [2.75, 3.05) is 5.32 Å². The molecule has 0 aliphatic carbocycles. The standard InChI is InChI=1S/C22H23FN4O2/c1-14(2)29-19-10-8-18(9-11-19)26-22-25-15(3)12-20(27-22)21(28)24-13-16-4-6-17(23)7-5-16/h4-12,14H,13H2,1-3H3,(H,24,28)(H,25,26,27). The fourth-order valence-electron chi connectivity index (χ4n) is 2.63. The van der Waals surface area contributed by atoms with Crippen LogP contribution in [0.5, 0.6) is 5.75 Å². The zero-order valence-electron chi connectivity index (χ0n) is 16.6. The van der Waals surface area contributed by atoms with Gasteiger partial charge in [-0.3, -0.25) is 4.79 Å². The van der Waals surface area contributed by atoms with Crippen LogP contribution in [0.15, 0.2) is 54.6 Å². The number of nitrogens with zero attached hydrogens (tertiary/aromatic N) is 2. The summed E-state index contributed by atoms with van der Waals surface area (Å²) >= 11 is 0. The van der Waals surface area contributed by atoms with Crippen molar-refractivity contribution >= 4 is 17.5 Å². The van der Waals surface area contributed by atoms with E-state index in [1.54, 1.807) is 25.1 Å². The van der Waals surface area contributed by atoms with Crippen LogP contribution in [0.25, 0.3) is 0 Å². The molecule has 3 rings (SSSR count). The minimum absolute atomic E-state index is 0.102. The Labute approximate surface area is 169 Å². The Hall–Kier alpha value is -3.48. The van der Waals surface area contributed by atoms with Crippen LogP contribution < -0.4 is 15.4 Å². The summed E-state index contributed by atoms with van der Waals surface area (Å²) in [6.07, 6.45) is 0.102. The molecule has 6 nitrogen and oxygen atoms in total. The van der Waals surface area contributed by atoms with Crippen molar-refractivity contribution in [3.8, 4) is 5.75 Å². The lowest BCUT2D eigenvalue weighted by atomic mass is 10.2. The van der Waals surface area contributed by atoms with Crippen molar-refractivity contribution in [1.29, 1.82) is 0 Å². The highest BCUT2D eigenvalue weighted by Gasteiger charge is 2.11. The predicted molar refractivity (Wildman–Crippen MR) is 110 cm³/mol. The number of carbonyl (C=O) groups excluding carboxylic acids is 1. The van der Waals surface area contributed by atoms with Crippen LogP contribution in [0.2, 0.25) is 0 Å². The number of hydrogen-bond donors (Lipinski definition) is 2. The summed E-state index contributed by atoms with van der Waals surface area (Å²) in [5.41, 5.74) is 2.49. The third kappa shape index (κ3) is 6.00. The first-order valence-electron chi connectivity index (χ1n) is 9.31. The highest BCUT2D eigenvalue weighted by atomic mass is 19.1. The number of amides is 1. The summed E-state index contributed by atoms with van der Waals surface area (Å²) in [5, 5.41) is 5.88. The van der Waals surface area contributed by atoms with Gasteiger partial charge in [-0.15, -0.1) is 0 Å². The van der Waals surface area contributed by atoms with Crippen LogP contribution >= 0.6 is 0 Å². The average molecular weight is 394 g/mol. The van der Waals surface area contributed by atoms with Gasteiger partial charge in [0.15, 0.2) is 0 Å². The number of hydrogen-bond acceptors (Lipinski definition) is 5. The number of ether oxygens (including phenoxy) is 1. The third-order valence-corrected chi connectivity index (χ3v) is 3.94. The van der Waals surface area contributed by atoms with Gasteiger partial charge < -0.3 is 15.4 Å². The maximum Gasteiger partial charge on any atom is 0.270 e. The van der Waals surface area contributed by atoms with E-state index in [2.05, 4.69) is 20.6 Å². The molecule has 0 fully saturated rings. The Kier molecular flexibility index (Phi) is 6.39. The van der Waals surface area contributed by atoms with E-state index in [0.29, 0.717) is 11.6 Å². The molecule has 2 N–H and O–H groups in total. The maximum absolute atomic E-state index is 13.0. The lowest BCUT2D eigenvalue weighted by molar-refractivity contribution is 0.0945. The average Bonchev–Trinajstić information content (AvgIpc) is 2.68. The lowest BCUT2D eigenvalue weighted by Gasteiger charge is -2.11. The summed E-state index contributed by atoms with van der Waals surface area (Å²) in [6.45, 7) is 6.01. The van der Waals surface area contributed by atoms with Gasteiger partial charge in [0.1, 0.15) is 17.3 Å². The van der Waals surface area contributed by atoms with Crippen LogP contribution in [0.4, 0.5) is 16.0 Å². The van der Waals surface area contributed by atoms with Crippen LogP contribution in [0.1, 0.15) is 35.6 Å². The minimum atomic E-state index is -0.330. The van der Waals surface area contributed by atoms with E-state index in [1.807, 2.05) is 38.1 Å². The SMILES string of the molecule is Cc1cc(C(=O)NCc2ccc(F)cc2)nc(Nc2ccc(OC(C)C)cc2)n1. The van der Waals surface area contributed by atoms with Gasteiger partial charge in [0.25, 0.3) is 5.91 Å². The summed E-state index contributed by atoms with van der Waals surface area (Å²) in [5.74, 6) is 0.459. The van der Waals surface area contributed by atoms with Gasteiger partial charge >= 0.3 is 0 Å². The van der Waals surface area contributed by atoms with E-state index in [0.717, 1.165) is 17.0 Å². The van der Waals surface area contributed by atoms with Crippen molar-refractivity contribution in [3.05, 3.63) is 77.4 Å². The van der Waals surface area contributed by atoms with Gasteiger partial charge in [0.05, 0.1) is 6.10 Å². The van der Waals surface area contributed by atoms with E-state index in [1.165, 1.54) is 12.1 Å². The van der Waals surface area contributed by atoms with Crippen molar-refractivity contribution in [2.24, 2.45) is 0 Å². The molecule has 0 spiro atoms. The molecule has 150 valence electrons. The highest BCUT2D eigenvalue weighted by molar-refractivity contribution is 5.92. The molecule has 3 aromatic rings. The zero-order valence-corrected chi connectivity index (χ0v) is 16.6. The molecule has 0 unspecified atom stereocenters. The molecule has 0 aliphatic heterocycles. The number of aryl methyl sites for hydroxylation is 1. The number of benzene rings is 2. The van der Waals surface area contributed by atoms with Crippen molar-refractivity contribution in [3.63, 3.8) is 0 Å². The third-order valence-electron chi connectivity index (χ3n) is 3.94. The molecule has 0 bridgehead atoms. The number of carbonyl (C=O) groups is 1. The number of halogens is 1. The summed E-state index contributed by atoms with van der Waals surface area (Å²) in [7, 11) is 0. The van der Waals surface area contributed by atoms with E-state index in [4.69, 9.17) is 4.74 Å².